The number of aliphatic hydroxyl groups is 8. The molecular weight excluding hydrogens is 1530 g/mol. The maximum absolute atomic E-state index is 10.8. The van der Waals surface area contributed by atoms with Crippen LogP contribution in [0.4, 0.5) is 0 Å². The monoisotopic (exact) mass is 1620 g/mol. The molecule has 0 aliphatic heterocycles. The summed E-state index contributed by atoms with van der Waals surface area (Å²) in [4.78, 5) is 65.0. The number of aliphatic hydroxyl groups excluding tert-OH is 6. The van der Waals surface area contributed by atoms with Crippen molar-refractivity contribution in [2.45, 2.75) is 40.3 Å². The van der Waals surface area contributed by atoms with E-state index in [1.54, 1.807) is 218 Å². The van der Waals surface area contributed by atoms with Crippen molar-refractivity contribution >= 4 is 34.7 Å². The molecule has 546 valence electrons. The third-order valence-corrected chi connectivity index (χ3v) is 9.03. The molecule has 0 fully saturated rings. The van der Waals surface area contributed by atoms with E-state index in [0.29, 0.717) is 44.6 Å². The van der Waals surface area contributed by atoms with Crippen molar-refractivity contribution < 1.29 is 214 Å². The number of hydrogen-bond acceptors (Lipinski definition) is 26. The van der Waals surface area contributed by atoms with Crippen molar-refractivity contribution in [2.24, 2.45) is 0 Å². The summed E-state index contributed by atoms with van der Waals surface area (Å²) in [6.07, 6.45) is 43.3. The van der Waals surface area contributed by atoms with Gasteiger partial charge < -0.3 is 51.8 Å². The second-order valence-electron chi connectivity index (χ2n) is 15.7. The van der Waals surface area contributed by atoms with Crippen molar-refractivity contribution in [3.8, 4) is 0 Å². The average Bonchev–Trinajstić information content (AvgIpc) is 2.61. The first kappa shape index (κ1) is 118. The van der Waals surface area contributed by atoms with Crippen LogP contribution in [0.3, 0.4) is 0 Å². The number of nitrogens with one attached hydrogen (secondary N) is 6. The van der Waals surface area contributed by atoms with Crippen molar-refractivity contribution in [3.63, 3.8) is 0 Å². The molecule has 6 radical (unpaired) electrons. The van der Waals surface area contributed by atoms with Gasteiger partial charge in [0.15, 0.2) is 47.3 Å². The first-order valence-electron chi connectivity index (χ1n) is 26.5. The number of hydrogen-bond donors (Lipinski definition) is 20. The molecule has 6 aliphatic rings. The van der Waals surface area contributed by atoms with Crippen LogP contribution in [0, 0.1) is 0 Å². The zero-order chi connectivity index (χ0) is 68.6. The normalized spacial score (nSPS) is 14.9. The Morgan fingerprint density at radius 3 is 0.490 bits per heavy atom. The number of rotatable bonds is 8. The first-order chi connectivity index (χ1) is 43.3. The van der Waals surface area contributed by atoms with Crippen molar-refractivity contribution in [1.29, 1.82) is 0 Å². The second kappa shape index (κ2) is 86.1. The van der Waals surface area contributed by atoms with Crippen LogP contribution in [0.15, 0.2) is 277 Å². The van der Waals surface area contributed by atoms with Crippen molar-refractivity contribution in [1.82, 2.24) is 32.9 Å². The van der Waals surface area contributed by atoms with E-state index in [9.17, 15) is 28.8 Å². The Kier molecular flexibility index (Phi) is 104. The van der Waals surface area contributed by atoms with Gasteiger partial charge in [-0.2, -0.15) is 0 Å². The van der Waals surface area contributed by atoms with E-state index in [-0.39, 0.29) is 174 Å². The van der Waals surface area contributed by atoms with Crippen LogP contribution in [0.2, 0.25) is 0 Å². The molecule has 24 N–H and O–H groups in total. The minimum atomic E-state index is -1.34. The smallest absolute Gasteiger partial charge is 0.187 e. The van der Waals surface area contributed by atoms with Gasteiger partial charge in [-0.25, -0.2) is 0 Å². The Bertz CT molecular complexity index is 2540. The van der Waals surface area contributed by atoms with Gasteiger partial charge >= 0.3 is 0 Å². The summed E-state index contributed by atoms with van der Waals surface area (Å²) in [5.41, 5.74) is 14.5. The minimum Gasteiger partial charge on any atom is -0.412 e. The van der Waals surface area contributed by atoms with Gasteiger partial charge in [0.1, 0.15) is 0 Å². The van der Waals surface area contributed by atoms with Gasteiger partial charge in [-0.05, 0) is 101 Å². The molecule has 28 nitrogen and oxygen atoms in total. The summed E-state index contributed by atoms with van der Waals surface area (Å²) in [6, 6.07) is 17.3. The van der Waals surface area contributed by atoms with Crippen LogP contribution in [-0.2, 0) is 131 Å². The van der Waals surface area contributed by atoms with Gasteiger partial charge in [-0.1, -0.05) is 134 Å². The van der Waals surface area contributed by atoms with Gasteiger partial charge in [0.05, 0.1) is 0 Å². The SMILES string of the molecule is CCO.CCO.CCO.CCO.O.O.O=C1C=CC=CC1=CNO.O=C1C=CC=CC1=CNO.O=C1C=CC=CC1=CNO.O=C1C=CC=CC1=CNO.O=C1C=CC=CC1=CNO.O=C1C=CC=CC1=CNO.OC(O)c1ccccc1.OC(O)c1ccccc1.[Mn].[Mn].[Mn].[Mn].[Mn].[Mn]. The van der Waals surface area contributed by atoms with E-state index >= 15 is 0 Å². The van der Waals surface area contributed by atoms with Crippen molar-refractivity contribution in [2.75, 3.05) is 26.4 Å². The molecule has 0 spiro atoms. The molecule has 34 heteroatoms. The van der Waals surface area contributed by atoms with E-state index in [2.05, 4.69) is 0 Å². The molecule has 0 amide bonds. The maximum Gasteiger partial charge on any atom is 0.187 e. The summed E-state index contributed by atoms with van der Waals surface area (Å²) in [6.45, 7) is 7.72. The molecule has 2 aromatic carbocycles. The average molecular weight is 1620 g/mol. The summed E-state index contributed by atoms with van der Waals surface area (Å²) in [5.74, 6) is -0.644. The summed E-state index contributed by atoms with van der Waals surface area (Å²) < 4.78 is 0. The Balaban J connectivity index is -0.0000000833. The van der Waals surface area contributed by atoms with Crippen molar-refractivity contribution in [3.05, 3.63) is 288 Å². The van der Waals surface area contributed by atoms with Gasteiger partial charge in [-0.3, -0.25) is 92.9 Å². The van der Waals surface area contributed by atoms with E-state index < -0.39 is 12.6 Å². The summed E-state index contributed by atoms with van der Waals surface area (Å²) >= 11 is 0. The van der Waals surface area contributed by atoms with E-state index in [4.69, 9.17) is 72.1 Å². The van der Waals surface area contributed by atoms with Gasteiger partial charge in [0, 0.05) is 211 Å². The summed E-state index contributed by atoms with van der Waals surface area (Å²) in [7, 11) is 0. The molecule has 0 saturated carbocycles. The fraction of sp³-hybridized carbons (Fsp3) is 0.156. The van der Waals surface area contributed by atoms with Crippen LogP contribution >= 0.6 is 0 Å². The molecule has 0 unspecified atom stereocenters. The zero-order valence-electron chi connectivity index (χ0n) is 53.1. The largest absolute Gasteiger partial charge is 0.412 e. The number of carbonyl (C=O) groups excluding carboxylic acids is 6. The predicted octanol–water partition coefficient (Wildman–Crippen LogP) is 2.93. The minimum absolute atomic E-state index is 0. The molecule has 0 heterocycles. The molecule has 8 rings (SSSR count). The molecule has 0 atom stereocenters. The number of carbonyl (C=O) groups is 6. The van der Waals surface area contributed by atoms with Crippen LogP contribution in [-0.4, -0.2) is 144 Å². The van der Waals surface area contributed by atoms with Crippen LogP contribution in [0.1, 0.15) is 51.4 Å². The fourth-order valence-electron chi connectivity index (χ4n) is 5.27. The first-order valence-corrected chi connectivity index (χ1v) is 26.5. The second-order valence-corrected chi connectivity index (χ2v) is 15.7. The molecule has 0 saturated heterocycles. The van der Waals surface area contributed by atoms with Crippen LogP contribution in [0.25, 0.3) is 0 Å². The topological polar surface area (TPSA) is 521 Å². The molecule has 98 heavy (non-hydrogen) atoms. The third kappa shape index (κ3) is 67.6. The van der Waals surface area contributed by atoms with Crippen LogP contribution in [0.5, 0.6) is 0 Å². The standard InChI is InChI=1S/6C7H7NO2.2C7H8O2.4C2H6O.6Mn.2H2O/c6*9-7-4-2-1-3-6(7)5-8-10;2*8-7(9)6-4-2-1-3-5-6;4*1-2-3;;;;;;;;/h6*1-5,8,10H;2*1-5,7-9H;4*3H,2H2,1H3;;;;;;;2*1H2. The quantitative estimate of drug-likeness (QED) is 0.0782. The Hall–Kier alpha value is -6.94. The molecule has 0 bridgehead atoms. The molecule has 2 aromatic rings. The summed E-state index contributed by atoms with van der Waals surface area (Å²) in [5, 5.41) is 114. The maximum atomic E-state index is 10.8. The predicted molar refractivity (Wildman–Crippen MR) is 343 cm³/mol. The van der Waals surface area contributed by atoms with Gasteiger partial charge in [0.25, 0.3) is 0 Å². The molecule has 0 aromatic heterocycles. The van der Waals surface area contributed by atoms with Crippen LogP contribution < -0.4 is 32.9 Å². The molecule has 6 aliphatic carbocycles. The van der Waals surface area contributed by atoms with Gasteiger partial charge in [0.2, 0.25) is 0 Å². The molecular formula is C64H86Mn6N6O22. The number of ketones is 6. The Morgan fingerprint density at radius 1 is 0.276 bits per heavy atom. The van der Waals surface area contributed by atoms with E-state index in [0.717, 1.165) is 0 Å². The van der Waals surface area contributed by atoms with Gasteiger partial charge in [-0.15, -0.1) is 0 Å². The third-order valence-electron chi connectivity index (χ3n) is 9.03. The van der Waals surface area contributed by atoms with E-state index in [1.807, 2.05) is 12.1 Å². The Labute approximate surface area is 632 Å². The number of benzene rings is 2. The zero-order valence-corrected chi connectivity index (χ0v) is 60.1. The number of hydroxylamine groups is 6. The Morgan fingerprint density at radius 2 is 0.398 bits per heavy atom. The number of allylic oxidation sites excluding steroid dienone is 30. The fourth-order valence-corrected chi connectivity index (χ4v) is 5.27. The van der Waals surface area contributed by atoms with E-state index in [1.165, 1.54) is 73.7 Å².